The summed E-state index contributed by atoms with van der Waals surface area (Å²) in [7, 11) is -4.67. The number of unbranched alkanes of at least 4 members (excludes halogenated alkanes) is 12. The Bertz CT molecular complexity index is 256. The van der Waals surface area contributed by atoms with Crippen molar-refractivity contribution in [1.82, 2.24) is 0 Å². The van der Waals surface area contributed by atoms with Crippen LogP contribution < -0.4 is 0 Å². The first-order chi connectivity index (χ1) is 9.91. The maximum atomic E-state index is 8.74. The van der Waals surface area contributed by atoms with Crippen LogP contribution in [0, 0.1) is 0 Å². The molecule has 21 heavy (non-hydrogen) atoms. The molecule has 0 saturated carbocycles. The van der Waals surface area contributed by atoms with Crippen LogP contribution in [0.4, 0.5) is 0 Å². The van der Waals surface area contributed by atoms with Gasteiger partial charge in [-0.3, -0.25) is 9.11 Å². The van der Waals surface area contributed by atoms with Crippen molar-refractivity contribution in [2.24, 2.45) is 0 Å². The average Bonchev–Trinajstić information content (AvgIpc) is 2.38. The Labute approximate surface area is 130 Å². The van der Waals surface area contributed by atoms with Crippen LogP contribution in [-0.2, 0) is 10.4 Å². The molecular formula is C15H34O5S. The van der Waals surface area contributed by atoms with E-state index in [-0.39, 0.29) is 0 Å². The molecule has 0 unspecified atom stereocenters. The second-order valence-electron chi connectivity index (χ2n) is 5.41. The van der Waals surface area contributed by atoms with Gasteiger partial charge in [0.15, 0.2) is 0 Å². The Hall–Kier alpha value is -0.170. The first-order valence-corrected chi connectivity index (χ1v) is 9.62. The standard InChI is InChI=1S/C15H32O.H2O4S/c1-2-3-4-5-6-7-8-9-10-11-12-13-14-15-16;1-5(2,3)4/h16H,2-15H2,1H3;(H2,1,2,3,4). The first kappa shape index (κ1) is 23.1. The molecule has 0 bridgehead atoms. The average molecular weight is 326 g/mol. The predicted octanol–water partition coefficient (Wildman–Crippen LogP) is 4.42. The fraction of sp³-hybridized carbons (Fsp3) is 1.00. The van der Waals surface area contributed by atoms with E-state index in [9.17, 15) is 0 Å². The van der Waals surface area contributed by atoms with Gasteiger partial charge < -0.3 is 5.11 Å². The van der Waals surface area contributed by atoms with Gasteiger partial charge >= 0.3 is 10.4 Å². The van der Waals surface area contributed by atoms with Gasteiger partial charge in [0, 0.05) is 6.61 Å². The van der Waals surface area contributed by atoms with E-state index in [2.05, 4.69) is 6.92 Å². The summed E-state index contributed by atoms with van der Waals surface area (Å²) < 4.78 is 31.6. The zero-order valence-electron chi connectivity index (χ0n) is 13.5. The summed E-state index contributed by atoms with van der Waals surface area (Å²) >= 11 is 0. The quantitative estimate of drug-likeness (QED) is 0.344. The first-order valence-electron chi connectivity index (χ1n) is 8.22. The van der Waals surface area contributed by atoms with Gasteiger partial charge in [-0.15, -0.1) is 0 Å². The van der Waals surface area contributed by atoms with Crippen molar-refractivity contribution in [2.75, 3.05) is 6.61 Å². The molecule has 0 aromatic rings. The second-order valence-corrected chi connectivity index (χ2v) is 6.31. The van der Waals surface area contributed by atoms with Crippen LogP contribution in [-0.4, -0.2) is 29.2 Å². The lowest BCUT2D eigenvalue weighted by Crippen LogP contribution is -1.89. The fourth-order valence-corrected chi connectivity index (χ4v) is 2.13. The van der Waals surface area contributed by atoms with E-state index in [4.69, 9.17) is 22.6 Å². The summed E-state index contributed by atoms with van der Waals surface area (Å²) in [4.78, 5) is 0. The zero-order chi connectivity index (χ0) is 16.4. The predicted molar refractivity (Wildman–Crippen MR) is 87.0 cm³/mol. The molecule has 0 aromatic carbocycles. The third-order valence-corrected chi connectivity index (χ3v) is 3.26. The summed E-state index contributed by atoms with van der Waals surface area (Å²) in [5.74, 6) is 0. The highest BCUT2D eigenvalue weighted by molar-refractivity contribution is 7.79. The molecule has 3 N–H and O–H groups in total. The molecular weight excluding hydrogens is 292 g/mol. The molecule has 0 heterocycles. The molecule has 0 saturated heterocycles. The molecule has 130 valence electrons. The van der Waals surface area contributed by atoms with E-state index < -0.39 is 10.4 Å². The lowest BCUT2D eigenvalue weighted by molar-refractivity contribution is 0.282. The minimum absolute atomic E-state index is 0.373. The largest absolute Gasteiger partial charge is 0.396 e. The van der Waals surface area contributed by atoms with Crippen LogP contribution in [0.1, 0.15) is 90.4 Å². The summed E-state index contributed by atoms with van der Waals surface area (Å²) in [6.45, 7) is 2.65. The van der Waals surface area contributed by atoms with Gasteiger partial charge in [-0.05, 0) is 6.42 Å². The van der Waals surface area contributed by atoms with Gasteiger partial charge in [0.25, 0.3) is 0 Å². The molecule has 0 rings (SSSR count). The third kappa shape index (κ3) is 38.3. The zero-order valence-corrected chi connectivity index (χ0v) is 14.3. The summed E-state index contributed by atoms with van der Waals surface area (Å²) in [6, 6.07) is 0. The second kappa shape index (κ2) is 17.9. The SMILES string of the molecule is CCCCCCCCCCCCCCCO.O=S(=O)(O)O. The summed E-state index contributed by atoms with van der Waals surface area (Å²) in [6.07, 6.45) is 17.7. The van der Waals surface area contributed by atoms with Crippen molar-refractivity contribution in [3.63, 3.8) is 0 Å². The molecule has 0 aromatic heterocycles. The molecule has 6 heteroatoms. The van der Waals surface area contributed by atoms with Crippen LogP contribution in [0.3, 0.4) is 0 Å². The monoisotopic (exact) mass is 326 g/mol. The normalized spacial score (nSPS) is 11.0. The van der Waals surface area contributed by atoms with Gasteiger partial charge in [0.1, 0.15) is 0 Å². The Balaban J connectivity index is 0. The molecule has 0 atom stereocenters. The maximum Gasteiger partial charge on any atom is 0.394 e. The topological polar surface area (TPSA) is 94.8 Å². The van der Waals surface area contributed by atoms with Crippen molar-refractivity contribution in [3.8, 4) is 0 Å². The van der Waals surface area contributed by atoms with Gasteiger partial charge in [-0.25, -0.2) is 0 Å². The highest BCUT2D eigenvalue weighted by Crippen LogP contribution is 2.12. The number of hydrogen-bond acceptors (Lipinski definition) is 3. The third-order valence-electron chi connectivity index (χ3n) is 3.26. The Kier molecular flexibility index (Phi) is 19.7. The van der Waals surface area contributed by atoms with Crippen molar-refractivity contribution >= 4 is 10.4 Å². The van der Waals surface area contributed by atoms with Crippen molar-refractivity contribution in [3.05, 3.63) is 0 Å². The molecule has 0 amide bonds. The van der Waals surface area contributed by atoms with Crippen LogP contribution in [0.25, 0.3) is 0 Å². The molecule has 5 nitrogen and oxygen atoms in total. The molecule has 0 aliphatic rings. The smallest absolute Gasteiger partial charge is 0.394 e. The number of aliphatic hydroxyl groups is 1. The molecule has 0 fully saturated rings. The van der Waals surface area contributed by atoms with E-state index in [1.807, 2.05) is 0 Å². The van der Waals surface area contributed by atoms with E-state index in [1.54, 1.807) is 0 Å². The Morgan fingerprint density at radius 2 is 0.857 bits per heavy atom. The van der Waals surface area contributed by atoms with Crippen LogP contribution in [0.15, 0.2) is 0 Å². The van der Waals surface area contributed by atoms with Gasteiger partial charge in [0.2, 0.25) is 0 Å². The van der Waals surface area contributed by atoms with E-state index in [0.717, 1.165) is 6.42 Å². The van der Waals surface area contributed by atoms with Gasteiger partial charge in [0.05, 0.1) is 0 Å². The van der Waals surface area contributed by atoms with Gasteiger partial charge in [-0.2, -0.15) is 8.42 Å². The van der Waals surface area contributed by atoms with E-state index in [0.29, 0.717) is 6.61 Å². The molecule has 0 aliphatic carbocycles. The highest BCUT2D eigenvalue weighted by Gasteiger charge is 1.93. The minimum atomic E-state index is -4.67. The van der Waals surface area contributed by atoms with Crippen LogP contribution >= 0.6 is 0 Å². The number of aliphatic hydroxyl groups excluding tert-OH is 1. The van der Waals surface area contributed by atoms with Crippen molar-refractivity contribution in [1.29, 1.82) is 0 Å². The fourth-order valence-electron chi connectivity index (χ4n) is 2.13. The highest BCUT2D eigenvalue weighted by atomic mass is 32.3. The number of rotatable bonds is 13. The molecule has 0 radical (unpaired) electrons. The maximum absolute atomic E-state index is 8.74. The van der Waals surface area contributed by atoms with Gasteiger partial charge in [-0.1, -0.05) is 84.0 Å². The molecule has 0 aliphatic heterocycles. The summed E-state index contributed by atoms with van der Waals surface area (Å²) in [5, 5.41) is 8.63. The molecule has 0 spiro atoms. The van der Waals surface area contributed by atoms with E-state index in [1.165, 1.54) is 77.0 Å². The van der Waals surface area contributed by atoms with Crippen LogP contribution in [0.5, 0.6) is 0 Å². The van der Waals surface area contributed by atoms with E-state index >= 15 is 0 Å². The van der Waals surface area contributed by atoms with Crippen molar-refractivity contribution in [2.45, 2.75) is 90.4 Å². The Morgan fingerprint density at radius 1 is 0.619 bits per heavy atom. The van der Waals surface area contributed by atoms with Crippen LogP contribution in [0.2, 0.25) is 0 Å². The lowest BCUT2D eigenvalue weighted by Gasteiger charge is -2.02. The summed E-state index contributed by atoms with van der Waals surface area (Å²) in [5.41, 5.74) is 0. The number of hydrogen-bond donors (Lipinski definition) is 3. The lowest BCUT2D eigenvalue weighted by atomic mass is 10.0. The van der Waals surface area contributed by atoms with Crippen molar-refractivity contribution < 1.29 is 22.6 Å². The minimum Gasteiger partial charge on any atom is -0.396 e. The Morgan fingerprint density at radius 3 is 1.10 bits per heavy atom.